The number of thioether (sulfide) groups is 2. The van der Waals surface area contributed by atoms with Gasteiger partial charge in [0.1, 0.15) is 5.76 Å². The number of aromatic nitrogens is 2. The van der Waals surface area contributed by atoms with Crippen LogP contribution in [0.2, 0.25) is 0 Å². The number of nitrogens with zero attached hydrogens (tertiary/aromatic N) is 3. The van der Waals surface area contributed by atoms with Crippen molar-refractivity contribution in [2.75, 3.05) is 19.1 Å². The van der Waals surface area contributed by atoms with E-state index in [-0.39, 0.29) is 5.91 Å². The van der Waals surface area contributed by atoms with Crippen molar-refractivity contribution in [1.29, 1.82) is 0 Å². The van der Waals surface area contributed by atoms with E-state index < -0.39 is 0 Å². The van der Waals surface area contributed by atoms with Gasteiger partial charge in [-0.2, -0.15) is 0 Å². The zero-order valence-electron chi connectivity index (χ0n) is 10.5. The van der Waals surface area contributed by atoms with Gasteiger partial charge in [0.15, 0.2) is 8.68 Å². The lowest BCUT2D eigenvalue weighted by atomic mass is 10.4. The van der Waals surface area contributed by atoms with Crippen molar-refractivity contribution in [1.82, 2.24) is 15.1 Å². The van der Waals surface area contributed by atoms with Crippen molar-refractivity contribution in [3.05, 3.63) is 24.2 Å². The number of hydrogen-bond donors (Lipinski definition) is 0. The number of carbonyl (C=O) groups is 1. The van der Waals surface area contributed by atoms with Crippen LogP contribution in [-0.2, 0) is 11.3 Å². The number of rotatable bonds is 6. The van der Waals surface area contributed by atoms with Crippen molar-refractivity contribution in [3.63, 3.8) is 0 Å². The second-order valence-corrected chi connectivity index (χ2v) is 6.91. The third-order valence-electron chi connectivity index (χ3n) is 2.28. The molecule has 8 heteroatoms. The summed E-state index contributed by atoms with van der Waals surface area (Å²) in [5.74, 6) is 1.18. The molecule has 0 atom stereocenters. The molecule has 0 N–H and O–H groups in total. The number of amides is 1. The van der Waals surface area contributed by atoms with Crippen LogP contribution in [0.5, 0.6) is 0 Å². The monoisotopic (exact) mass is 315 g/mol. The number of hydrogen-bond acceptors (Lipinski definition) is 7. The second kappa shape index (κ2) is 6.97. The van der Waals surface area contributed by atoms with Crippen molar-refractivity contribution >= 4 is 40.8 Å². The molecule has 2 aromatic rings. The summed E-state index contributed by atoms with van der Waals surface area (Å²) in [4.78, 5) is 13.6. The molecule has 102 valence electrons. The molecular formula is C11H13N3O2S3. The molecule has 0 aliphatic carbocycles. The van der Waals surface area contributed by atoms with Gasteiger partial charge < -0.3 is 9.32 Å². The highest BCUT2D eigenvalue weighted by Crippen LogP contribution is 2.27. The zero-order valence-corrected chi connectivity index (χ0v) is 13.0. The van der Waals surface area contributed by atoms with Gasteiger partial charge in [-0.25, -0.2) is 0 Å². The van der Waals surface area contributed by atoms with Crippen molar-refractivity contribution in [3.8, 4) is 0 Å². The summed E-state index contributed by atoms with van der Waals surface area (Å²) in [5.41, 5.74) is 0. The Labute approximate surface area is 123 Å². The summed E-state index contributed by atoms with van der Waals surface area (Å²) in [5, 5.41) is 8.00. The Morgan fingerprint density at radius 3 is 2.89 bits per heavy atom. The highest BCUT2D eigenvalue weighted by Gasteiger charge is 2.13. The van der Waals surface area contributed by atoms with Crippen molar-refractivity contribution < 1.29 is 9.21 Å². The van der Waals surface area contributed by atoms with E-state index in [1.807, 2.05) is 18.4 Å². The van der Waals surface area contributed by atoms with E-state index in [1.54, 1.807) is 30.0 Å². The van der Waals surface area contributed by atoms with Gasteiger partial charge in [-0.1, -0.05) is 34.9 Å². The molecule has 0 aliphatic heterocycles. The van der Waals surface area contributed by atoms with Crippen molar-refractivity contribution in [2.24, 2.45) is 0 Å². The van der Waals surface area contributed by atoms with Crippen molar-refractivity contribution in [2.45, 2.75) is 15.2 Å². The van der Waals surface area contributed by atoms with Gasteiger partial charge in [0.25, 0.3) is 0 Å². The Morgan fingerprint density at radius 1 is 1.47 bits per heavy atom. The maximum absolute atomic E-state index is 11.9. The van der Waals surface area contributed by atoms with Crippen LogP contribution in [0.4, 0.5) is 0 Å². The normalized spacial score (nSPS) is 10.6. The van der Waals surface area contributed by atoms with Crippen LogP contribution in [0.1, 0.15) is 5.76 Å². The van der Waals surface area contributed by atoms with E-state index in [0.29, 0.717) is 12.3 Å². The fourth-order valence-corrected chi connectivity index (χ4v) is 3.67. The summed E-state index contributed by atoms with van der Waals surface area (Å²) in [7, 11) is 1.76. The molecule has 2 heterocycles. The highest BCUT2D eigenvalue weighted by molar-refractivity contribution is 8.03. The Hall–Kier alpha value is -0.990. The summed E-state index contributed by atoms with van der Waals surface area (Å²) in [6, 6.07) is 3.67. The quantitative estimate of drug-likeness (QED) is 0.764. The Bertz CT molecular complexity index is 527. The topological polar surface area (TPSA) is 59.2 Å². The fraction of sp³-hybridized carbons (Fsp3) is 0.364. The molecule has 0 aromatic carbocycles. The predicted molar refractivity (Wildman–Crippen MR) is 77.6 cm³/mol. The first kappa shape index (κ1) is 14.4. The molecule has 0 aliphatic rings. The standard InChI is InChI=1S/C11H13N3O2S3/c1-14(6-8-4-3-5-16-8)9(15)7-18-11-13-12-10(17-2)19-11/h3-5H,6-7H2,1-2H3. The zero-order chi connectivity index (χ0) is 13.7. The molecule has 1 amide bonds. The molecule has 19 heavy (non-hydrogen) atoms. The number of furan rings is 1. The van der Waals surface area contributed by atoms with E-state index in [0.717, 1.165) is 14.4 Å². The first-order valence-corrected chi connectivity index (χ1v) is 8.48. The summed E-state index contributed by atoms with van der Waals surface area (Å²) in [6.45, 7) is 0.485. The van der Waals surface area contributed by atoms with E-state index in [1.165, 1.54) is 23.1 Å². The first-order valence-electron chi connectivity index (χ1n) is 5.45. The second-order valence-electron chi connectivity index (χ2n) is 3.66. The predicted octanol–water partition coefficient (Wildman–Crippen LogP) is 2.60. The lowest BCUT2D eigenvalue weighted by Crippen LogP contribution is -2.27. The fourth-order valence-electron chi connectivity index (χ4n) is 1.30. The van der Waals surface area contributed by atoms with Crippen LogP contribution in [0.25, 0.3) is 0 Å². The average molecular weight is 315 g/mol. The first-order chi connectivity index (χ1) is 9.19. The SMILES string of the molecule is CSc1nnc(SCC(=O)N(C)Cc2ccco2)s1. The minimum atomic E-state index is 0.0438. The van der Waals surface area contributed by atoms with Gasteiger partial charge in [-0.05, 0) is 18.4 Å². The molecule has 5 nitrogen and oxygen atoms in total. The lowest BCUT2D eigenvalue weighted by molar-refractivity contribution is -0.127. The lowest BCUT2D eigenvalue weighted by Gasteiger charge is -2.14. The molecule has 0 bridgehead atoms. The third-order valence-corrected chi connectivity index (χ3v) is 5.30. The molecule has 2 rings (SSSR count). The van der Waals surface area contributed by atoms with Crippen LogP contribution >= 0.6 is 34.9 Å². The Morgan fingerprint density at radius 2 is 2.26 bits per heavy atom. The molecule has 0 fully saturated rings. The molecule has 0 spiro atoms. The van der Waals surface area contributed by atoms with Crippen LogP contribution in [0.15, 0.2) is 31.5 Å². The van der Waals surface area contributed by atoms with Crippen LogP contribution in [0, 0.1) is 0 Å². The smallest absolute Gasteiger partial charge is 0.233 e. The molecule has 0 saturated carbocycles. The maximum atomic E-state index is 11.9. The van der Waals surface area contributed by atoms with Gasteiger partial charge in [0.2, 0.25) is 5.91 Å². The molecule has 0 unspecified atom stereocenters. The van der Waals surface area contributed by atoms with Crippen LogP contribution < -0.4 is 0 Å². The molecule has 0 saturated heterocycles. The van der Waals surface area contributed by atoms with E-state index in [2.05, 4.69) is 10.2 Å². The summed E-state index contributed by atoms with van der Waals surface area (Å²) < 4.78 is 6.95. The van der Waals surface area contributed by atoms with Crippen LogP contribution in [0.3, 0.4) is 0 Å². The molecular weight excluding hydrogens is 302 g/mol. The largest absolute Gasteiger partial charge is 0.467 e. The Kier molecular flexibility index (Phi) is 5.29. The van der Waals surface area contributed by atoms with Gasteiger partial charge >= 0.3 is 0 Å². The van der Waals surface area contributed by atoms with Gasteiger partial charge in [0.05, 0.1) is 18.6 Å². The van der Waals surface area contributed by atoms with E-state index in [9.17, 15) is 4.79 Å². The Balaban J connectivity index is 1.80. The van der Waals surface area contributed by atoms with Gasteiger partial charge in [0, 0.05) is 7.05 Å². The van der Waals surface area contributed by atoms with E-state index >= 15 is 0 Å². The van der Waals surface area contributed by atoms with Gasteiger partial charge in [-0.15, -0.1) is 10.2 Å². The summed E-state index contributed by atoms with van der Waals surface area (Å²) in [6.07, 6.45) is 3.56. The minimum Gasteiger partial charge on any atom is -0.467 e. The van der Waals surface area contributed by atoms with Gasteiger partial charge in [-0.3, -0.25) is 4.79 Å². The maximum Gasteiger partial charge on any atom is 0.233 e. The molecule has 0 radical (unpaired) electrons. The highest BCUT2D eigenvalue weighted by atomic mass is 32.2. The molecule has 2 aromatic heterocycles. The average Bonchev–Trinajstić information content (AvgIpc) is 3.06. The van der Waals surface area contributed by atoms with E-state index in [4.69, 9.17) is 4.42 Å². The summed E-state index contributed by atoms with van der Waals surface area (Å²) >= 11 is 4.48. The van der Waals surface area contributed by atoms with Crippen LogP contribution in [-0.4, -0.2) is 40.1 Å². The minimum absolute atomic E-state index is 0.0438. The number of carbonyl (C=O) groups excluding carboxylic acids is 1. The third kappa shape index (κ3) is 4.26.